The van der Waals surface area contributed by atoms with E-state index in [1.165, 1.54) is 18.2 Å². The first-order valence-electron chi connectivity index (χ1n) is 6.70. The van der Waals surface area contributed by atoms with Crippen molar-refractivity contribution in [3.63, 3.8) is 0 Å². The SMILES string of the molecule is NC1CCN(C(=O)c2ccccc2OCC(F)(F)F)CC1. The molecule has 1 fully saturated rings. The van der Waals surface area contributed by atoms with E-state index in [1.54, 1.807) is 11.0 Å². The van der Waals surface area contributed by atoms with Gasteiger partial charge in [0.25, 0.3) is 5.91 Å². The lowest BCUT2D eigenvalue weighted by atomic mass is 10.0. The van der Waals surface area contributed by atoms with Crippen LogP contribution < -0.4 is 10.5 Å². The van der Waals surface area contributed by atoms with Crippen molar-refractivity contribution in [2.24, 2.45) is 5.73 Å². The Kier molecular flexibility index (Phi) is 4.72. The lowest BCUT2D eigenvalue weighted by Crippen LogP contribution is -2.43. The smallest absolute Gasteiger partial charge is 0.422 e. The van der Waals surface area contributed by atoms with E-state index >= 15 is 0 Å². The number of carbonyl (C=O) groups is 1. The Morgan fingerprint density at radius 3 is 2.52 bits per heavy atom. The molecule has 1 aliphatic heterocycles. The molecule has 1 aliphatic rings. The number of halogens is 3. The molecule has 0 bridgehead atoms. The molecule has 1 heterocycles. The molecule has 0 atom stereocenters. The molecule has 1 amide bonds. The second-order valence-electron chi connectivity index (χ2n) is 5.03. The number of alkyl halides is 3. The molecule has 116 valence electrons. The summed E-state index contributed by atoms with van der Waals surface area (Å²) in [6.45, 7) is -0.399. The van der Waals surface area contributed by atoms with Crippen LogP contribution >= 0.6 is 0 Å². The predicted octanol–water partition coefficient (Wildman–Crippen LogP) is 2.19. The van der Waals surface area contributed by atoms with Crippen LogP contribution in [0, 0.1) is 0 Å². The number of amides is 1. The fourth-order valence-corrected chi connectivity index (χ4v) is 2.20. The number of nitrogens with zero attached hydrogens (tertiary/aromatic N) is 1. The Labute approximate surface area is 120 Å². The average Bonchev–Trinajstić information content (AvgIpc) is 2.45. The van der Waals surface area contributed by atoms with Crippen molar-refractivity contribution in [2.45, 2.75) is 25.1 Å². The highest BCUT2D eigenvalue weighted by atomic mass is 19.4. The van der Waals surface area contributed by atoms with E-state index in [1.807, 2.05) is 0 Å². The van der Waals surface area contributed by atoms with Crippen LogP contribution in [0.25, 0.3) is 0 Å². The summed E-state index contributed by atoms with van der Waals surface area (Å²) in [5.74, 6) is -0.366. The largest absolute Gasteiger partial charge is 0.483 e. The minimum atomic E-state index is -4.44. The summed E-state index contributed by atoms with van der Waals surface area (Å²) < 4.78 is 41.5. The number of benzene rings is 1. The van der Waals surface area contributed by atoms with Gasteiger partial charge in [-0.3, -0.25) is 4.79 Å². The number of rotatable bonds is 3. The lowest BCUT2D eigenvalue weighted by Gasteiger charge is -2.30. The van der Waals surface area contributed by atoms with Crippen LogP contribution in [-0.2, 0) is 0 Å². The van der Waals surface area contributed by atoms with Crippen LogP contribution in [0.4, 0.5) is 13.2 Å². The molecule has 0 unspecified atom stereocenters. The first-order valence-corrected chi connectivity index (χ1v) is 6.70. The van der Waals surface area contributed by atoms with Gasteiger partial charge in [0.05, 0.1) is 5.56 Å². The van der Waals surface area contributed by atoms with E-state index in [0.29, 0.717) is 25.9 Å². The van der Waals surface area contributed by atoms with E-state index in [4.69, 9.17) is 10.5 Å². The van der Waals surface area contributed by atoms with Crippen LogP contribution in [0.2, 0.25) is 0 Å². The predicted molar refractivity (Wildman–Crippen MR) is 71.1 cm³/mol. The van der Waals surface area contributed by atoms with Gasteiger partial charge in [0, 0.05) is 19.1 Å². The Bertz CT molecular complexity index is 497. The summed E-state index contributed by atoms with van der Waals surface area (Å²) in [7, 11) is 0. The number of nitrogens with two attached hydrogens (primary N) is 1. The van der Waals surface area contributed by atoms with E-state index in [2.05, 4.69) is 0 Å². The third-order valence-electron chi connectivity index (χ3n) is 3.34. The standard InChI is InChI=1S/C14H17F3N2O2/c15-14(16,17)9-21-12-4-2-1-3-11(12)13(20)19-7-5-10(18)6-8-19/h1-4,10H,5-9,18H2. The van der Waals surface area contributed by atoms with Gasteiger partial charge in [0.2, 0.25) is 0 Å². The van der Waals surface area contributed by atoms with Gasteiger partial charge in [-0.05, 0) is 25.0 Å². The average molecular weight is 302 g/mol. The first-order chi connectivity index (χ1) is 9.87. The van der Waals surface area contributed by atoms with Crippen molar-refractivity contribution in [1.82, 2.24) is 4.90 Å². The molecule has 2 rings (SSSR count). The Morgan fingerprint density at radius 2 is 1.90 bits per heavy atom. The summed E-state index contributed by atoms with van der Waals surface area (Å²) in [5.41, 5.74) is 5.92. The zero-order valence-electron chi connectivity index (χ0n) is 11.4. The van der Waals surface area contributed by atoms with E-state index in [-0.39, 0.29) is 23.3 Å². The molecule has 21 heavy (non-hydrogen) atoms. The normalized spacial score (nSPS) is 16.9. The minimum absolute atomic E-state index is 0.0466. The van der Waals surface area contributed by atoms with Crippen LogP contribution in [0.15, 0.2) is 24.3 Å². The second-order valence-corrected chi connectivity index (χ2v) is 5.03. The fourth-order valence-electron chi connectivity index (χ4n) is 2.20. The number of para-hydroxylation sites is 1. The van der Waals surface area contributed by atoms with Crippen molar-refractivity contribution in [1.29, 1.82) is 0 Å². The zero-order chi connectivity index (χ0) is 15.5. The molecular formula is C14H17F3N2O2. The van der Waals surface area contributed by atoms with Crippen molar-refractivity contribution < 1.29 is 22.7 Å². The monoisotopic (exact) mass is 302 g/mol. The molecule has 0 spiro atoms. The van der Waals surface area contributed by atoms with E-state index < -0.39 is 12.8 Å². The number of hydrogen-bond donors (Lipinski definition) is 1. The van der Waals surface area contributed by atoms with Gasteiger partial charge >= 0.3 is 6.18 Å². The molecular weight excluding hydrogens is 285 g/mol. The highest BCUT2D eigenvalue weighted by Crippen LogP contribution is 2.24. The molecule has 0 saturated carbocycles. The van der Waals surface area contributed by atoms with Crippen LogP contribution in [0.3, 0.4) is 0 Å². The summed E-state index contributed by atoms with van der Waals surface area (Å²) in [5, 5.41) is 0. The maximum atomic E-state index is 12.4. The second kappa shape index (κ2) is 6.34. The highest BCUT2D eigenvalue weighted by Gasteiger charge is 2.30. The van der Waals surface area contributed by atoms with Gasteiger partial charge in [0.1, 0.15) is 5.75 Å². The highest BCUT2D eigenvalue weighted by molar-refractivity contribution is 5.97. The fraction of sp³-hybridized carbons (Fsp3) is 0.500. The molecule has 1 saturated heterocycles. The van der Waals surface area contributed by atoms with Crippen molar-refractivity contribution in [2.75, 3.05) is 19.7 Å². The molecule has 4 nitrogen and oxygen atoms in total. The number of carbonyl (C=O) groups excluding carboxylic acids is 1. The summed E-state index contributed by atoms with van der Waals surface area (Å²) >= 11 is 0. The van der Waals surface area contributed by atoms with Gasteiger partial charge in [0.15, 0.2) is 6.61 Å². The van der Waals surface area contributed by atoms with Gasteiger partial charge in [-0.2, -0.15) is 13.2 Å². The molecule has 1 aromatic rings. The van der Waals surface area contributed by atoms with Crippen molar-refractivity contribution in [3.05, 3.63) is 29.8 Å². The number of piperidine rings is 1. The number of hydrogen-bond acceptors (Lipinski definition) is 3. The zero-order valence-corrected chi connectivity index (χ0v) is 11.4. The van der Waals surface area contributed by atoms with E-state index in [9.17, 15) is 18.0 Å². The first kappa shape index (κ1) is 15.6. The number of likely N-dealkylation sites (tertiary alicyclic amines) is 1. The number of ether oxygens (including phenoxy) is 1. The Hall–Kier alpha value is -1.76. The molecule has 0 aromatic heterocycles. The maximum Gasteiger partial charge on any atom is 0.422 e. The van der Waals surface area contributed by atoms with Gasteiger partial charge in [-0.15, -0.1) is 0 Å². The molecule has 1 aromatic carbocycles. The third-order valence-corrected chi connectivity index (χ3v) is 3.34. The third kappa shape index (κ3) is 4.35. The van der Waals surface area contributed by atoms with E-state index in [0.717, 1.165) is 0 Å². The molecule has 0 radical (unpaired) electrons. The Morgan fingerprint density at radius 1 is 1.29 bits per heavy atom. The quantitative estimate of drug-likeness (QED) is 0.931. The summed E-state index contributed by atoms with van der Waals surface area (Å²) in [6.07, 6.45) is -3.05. The van der Waals surface area contributed by atoms with Gasteiger partial charge in [-0.25, -0.2) is 0 Å². The van der Waals surface area contributed by atoms with Crippen LogP contribution in [0.1, 0.15) is 23.2 Å². The molecule has 0 aliphatic carbocycles. The molecule has 2 N–H and O–H groups in total. The molecule has 7 heteroatoms. The van der Waals surface area contributed by atoms with Gasteiger partial charge < -0.3 is 15.4 Å². The maximum absolute atomic E-state index is 12.4. The Balaban J connectivity index is 2.10. The topological polar surface area (TPSA) is 55.6 Å². The minimum Gasteiger partial charge on any atom is -0.483 e. The summed E-state index contributed by atoms with van der Waals surface area (Å²) in [4.78, 5) is 14.0. The summed E-state index contributed by atoms with van der Waals surface area (Å²) in [6, 6.07) is 6.06. The van der Waals surface area contributed by atoms with Gasteiger partial charge in [-0.1, -0.05) is 12.1 Å². The lowest BCUT2D eigenvalue weighted by molar-refractivity contribution is -0.153. The van der Waals surface area contributed by atoms with Crippen molar-refractivity contribution >= 4 is 5.91 Å². The van der Waals surface area contributed by atoms with Crippen LogP contribution in [-0.4, -0.2) is 42.7 Å². The van der Waals surface area contributed by atoms with Crippen LogP contribution in [0.5, 0.6) is 5.75 Å². The van der Waals surface area contributed by atoms with Crippen molar-refractivity contribution in [3.8, 4) is 5.75 Å².